The third-order valence-electron chi connectivity index (χ3n) is 2.17. The predicted octanol–water partition coefficient (Wildman–Crippen LogP) is 2.21. The number of nitriles is 1. The van der Waals surface area contributed by atoms with Crippen LogP contribution in [0.2, 0.25) is 0 Å². The Bertz CT molecular complexity index is 359. The summed E-state index contributed by atoms with van der Waals surface area (Å²) in [6, 6.07) is 5.29. The second-order valence-corrected chi connectivity index (χ2v) is 3.41. The molecule has 4 heteroatoms. The van der Waals surface area contributed by atoms with E-state index >= 15 is 0 Å². The van der Waals surface area contributed by atoms with E-state index in [2.05, 4.69) is 11.1 Å². The molecule has 1 rings (SSSR count). The van der Waals surface area contributed by atoms with Crippen molar-refractivity contribution in [2.24, 2.45) is 5.92 Å². The van der Waals surface area contributed by atoms with Crippen LogP contribution in [-0.2, 0) is 0 Å². The minimum Gasteiger partial charge on any atom is -0.370 e. The molecular formula is C11H14FN3. The first-order chi connectivity index (χ1) is 7.17. The largest absolute Gasteiger partial charge is 0.370 e. The number of hydrogen-bond donors (Lipinski definition) is 0. The maximum Gasteiger partial charge on any atom is 0.214 e. The van der Waals surface area contributed by atoms with Gasteiger partial charge in [-0.1, -0.05) is 0 Å². The van der Waals surface area contributed by atoms with Crippen molar-refractivity contribution in [2.75, 3.05) is 18.0 Å². The van der Waals surface area contributed by atoms with Gasteiger partial charge in [-0.2, -0.15) is 9.65 Å². The molecule has 0 saturated carbocycles. The lowest BCUT2D eigenvalue weighted by molar-refractivity contribution is 0.581. The molecule has 1 aromatic heterocycles. The second kappa shape index (κ2) is 5.30. The summed E-state index contributed by atoms with van der Waals surface area (Å²) in [6.45, 7) is 5.18. The van der Waals surface area contributed by atoms with Gasteiger partial charge in [0.2, 0.25) is 5.95 Å². The van der Waals surface area contributed by atoms with E-state index in [1.807, 2.05) is 18.7 Å². The van der Waals surface area contributed by atoms with Gasteiger partial charge < -0.3 is 4.90 Å². The highest BCUT2D eigenvalue weighted by molar-refractivity contribution is 5.44. The van der Waals surface area contributed by atoms with Crippen molar-refractivity contribution >= 4 is 5.69 Å². The highest BCUT2D eigenvalue weighted by Crippen LogP contribution is 2.15. The Morgan fingerprint density at radius 3 is 2.93 bits per heavy atom. The minimum absolute atomic E-state index is 0.0684. The smallest absolute Gasteiger partial charge is 0.214 e. The lowest BCUT2D eigenvalue weighted by Gasteiger charge is -2.23. The first-order valence-electron chi connectivity index (χ1n) is 4.93. The molecule has 3 nitrogen and oxygen atoms in total. The van der Waals surface area contributed by atoms with Crippen LogP contribution >= 0.6 is 0 Å². The SMILES string of the molecule is CCN(CC(C)C#N)c1ccnc(F)c1. The summed E-state index contributed by atoms with van der Waals surface area (Å²) >= 11 is 0. The zero-order chi connectivity index (χ0) is 11.3. The lowest BCUT2D eigenvalue weighted by atomic mass is 10.2. The van der Waals surface area contributed by atoms with Crippen LogP contribution in [0.15, 0.2) is 18.3 Å². The van der Waals surface area contributed by atoms with Crippen LogP contribution in [0.1, 0.15) is 13.8 Å². The van der Waals surface area contributed by atoms with Crippen molar-refractivity contribution in [1.82, 2.24) is 4.98 Å². The third kappa shape index (κ3) is 3.21. The molecule has 1 heterocycles. The first kappa shape index (κ1) is 11.4. The molecule has 0 aliphatic heterocycles. The van der Waals surface area contributed by atoms with E-state index in [0.29, 0.717) is 6.54 Å². The molecule has 1 atom stereocenters. The molecule has 0 amide bonds. The van der Waals surface area contributed by atoms with Crippen molar-refractivity contribution in [1.29, 1.82) is 5.26 Å². The third-order valence-corrected chi connectivity index (χ3v) is 2.17. The van der Waals surface area contributed by atoms with Crippen LogP contribution in [0.25, 0.3) is 0 Å². The molecular weight excluding hydrogens is 193 g/mol. The molecule has 1 unspecified atom stereocenters. The average molecular weight is 207 g/mol. The van der Waals surface area contributed by atoms with Gasteiger partial charge >= 0.3 is 0 Å². The topological polar surface area (TPSA) is 39.9 Å². The van der Waals surface area contributed by atoms with Crippen LogP contribution in [0.3, 0.4) is 0 Å². The maximum absolute atomic E-state index is 12.9. The standard InChI is InChI=1S/C11H14FN3/c1-3-15(8-9(2)7-13)10-4-5-14-11(12)6-10/h4-6,9H,3,8H2,1-2H3. The first-order valence-corrected chi connectivity index (χ1v) is 4.93. The Labute approximate surface area is 89.2 Å². The van der Waals surface area contributed by atoms with Crippen molar-refractivity contribution in [3.63, 3.8) is 0 Å². The highest BCUT2D eigenvalue weighted by atomic mass is 19.1. The zero-order valence-electron chi connectivity index (χ0n) is 8.94. The normalized spacial score (nSPS) is 11.9. The Morgan fingerprint density at radius 1 is 1.67 bits per heavy atom. The Hall–Kier alpha value is -1.63. The summed E-state index contributed by atoms with van der Waals surface area (Å²) in [6.07, 6.45) is 1.43. The second-order valence-electron chi connectivity index (χ2n) is 3.41. The molecule has 1 aromatic rings. The van der Waals surface area contributed by atoms with Gasteiger partial charge in [-0.3, -0.25) is 0 Å². The van der Waals surface area contributed by atoms with Gasteiger partial charge in [0.25, 0.3) is 0 Å². The van der Waals surface area contributed by atoms with Crippen molar-refractivity contribution in [3.05, 3.63) is 24.3 Å². The summed E-state index contributed by atoms with van der Waals surface area (Å²) in [4.78, 5) is 5.45. The molecule has 0 saturated heterocycles. The molecule has 0 bridgehead atoms. The average Bonchev–Trinajstić information content (AvgIpc) is 2.25. The minimum atomic E-state index is -0.490. The van der Waals surface area contributed by atoms with E-state index in [1.54, 1.807) is 6.07 Å². The van der Waals surface area contributed by atoms with E-state index in [-0.39, 0.29) is 5.92 Å². The summed E-state index contributed by atoms with van der Waals surface area (Å²) < 4.78 is 12.9. The van der Waals surface area contributed by atoms with E-state index in [0.717, 1.165) is 12.2 Å². The number of rotatable bonds is 4. The number of aromatic nitrogens is 1. The van der Waals surface area contributed by atoms with Gasteiger partial charge in [-0.15, -0.1) is 0 Å². The number of halogens is 1. The number of hydrogen-bond acceptors (Lipinski definition) is 3. The maximum atomic E-state index is 12.9. The van der Waals surface area contributed by atoms with Gasteiger partial charge in [-0.05, 0) is 19.9 Å². The Morgan fingerprint density at radius 2 is 2.40 bits per heavy atom. The highest BCUT2D eigenvalue weighted by Gasteiger charge is 2.09. The number of nitrogens with zero attached hydrogens (tertiary/aromatic N) is 3. The van der Waals surface area contributed by atoms with E-state index in [1.165, 1.54) is 12.3 Å². The zero-order valence-corrected chi connectivity index (χ0v) is 8.94. The number of anilines is 1. The molecule has 0 aliphatic rings. The predicted molar refractivity (Wildman–Crippen MR) is 56.9 cm³/mol. The van der Waals surface area contributed by atoms with Gasteiger partial charge in [-0.25, -0.2) is 4.98 Å². The summed E-state index contributed by atoms with van der Waals surface area (Å²) in [5.74, 6) is -0.559. The van der Waals surface area contributed by atoms with E-state index < -0.39 is 5.95 Å². The molecule has 0 radical (unpaired) electrons. The quantitative estimate of drug-likeness (QED) is 0.710. The fourth-order valence-electron chi connectivity index (χ4n) is 1.38. The molecule has 0 N–H and O–H groups in total. The Balaban J connectivity index is 2.79. The van der Waals surface area contributed by atoms with Crippen molar-refractivity contribution in [2.45, 2.75) is 13.8 Å². The van der Waals surface area contributed by atoms with Crippen molar-refractivity contribution in [3.8, 4) is 6.07 Å². The van der Waals surface area contributed by atoms with Crippen LogP contribution in [0.5, 0.6) is 0 Å². The number of pyridine rings is 1. The molecule has 0 aromatic carbocycles. The fraction of sp³-hybridized carbons (Fsp3) is 0.455. The van der Waals surface area contributed by atoms with E-state index in [4.69, 9.17) is 5.26 Å². The van der Waals surface area contributed by atoms with Gasteiger partial charge in [0.15, 0.2) is 0 Å². The fourth-order valence-corrected chi connectivity index (χ4v) is 1.38. The van der Waals surface area contributed by atoms with Crippen LogP contribution in [0.4, 0.5) is 10.1 Å². The molecule has 15 heavy (non-hydrogen) atoms. The van der Waals surface area contributed by atoms with Crippen molar-refractivity contribution < 1.29 is 4.39 Å². The lowest BCUT2D eigenvalue weighted by Crippen LogP contribution is -2.27. The summed E-state index contributed by atoms with van der Waals surface area (Å²) in [7, 11) is 0. The molecule has 80 valence electrons. The summed E-state index contributed by atoms with van der Waals surface area (Å²) in [5.41, 5.74) is 0.770. The van der Waals surface area contributed by atoms with Crippen LogP contribution in [0, 0.1) is 23.2 Å². The van der Waals surface area contributed by atoms with Gasteiger partial charge in [0.05, 0.1) is 12.0 Å². The summed E-state index contributed by atoms with van der Waals surface area (Å²) in [5, 5.41) is 8.72. The molecule has 0 aliphatic carbocycles. The Kier molecular flexibility index (Phi) is 4.04. The van der Waals surface area contributed by atoms with Gasteiger partial charge in [0.1, 0.15) is 0 Å². The monoisotopic (exact) mass is 207 g/mol. The van der Waals surface area contributed by atoms with Gasteiger partial charge in [0, 0.05) is 31.0 Å². The molecule has 0 fully saturated rings. The van der Waals surface area contributed by atoms with Crippen LogP contribution in [-0.4, -0.2) is 18.1 Å². The molecule has 0 spiro atoms. The van der Waals surface area contributed by atoms with Crippen LogP contribution < -0.4 is 4.90 Å². The van der Waals surface area contributed by atoms with E-state index in [9.17, 15) is 4.39 Å².